The van der Waals surface area contributed by atoms with E-state index in [1.807, 2.05) is 6.92 Å². The second kappa shape index (κ2) is 8.54. The van der Waals surface area contributed by atoms with Gasteiger partial charge in [0, 0.05) is 22.4 Å². The summed E-state index contributed by atoms with van der Waals surface area (Å²) in [5.41, 5.74) is 1.54. The lowest BCUT2D eigenvalue weighted by atomic mass is 10.2. The molecule has 0 spiro atoms. The minimum Gasteiger partial charge on any atom is -0.495 e. The Kier molecular flexibility index (Phi) is 6.67. The van der Waals surface area contributed by atoms with Crippen molar-refractivity contribution in [1.29, 1.82) is 0 Å². The Balaban J connectivity index is 2.03. The third kappa shape index (κ3) is 4.86. The fraction of sp³-hybridized carbons (Fsp3) is 0.278. The highest BCUT2D eigenvalue weighted by atomic mass is 35.5. The van der Waals surface area contributed by atoms with Crippen LogP contribution in [-0.2, 0) is 10.5 Å². The highest BCUT2D eigenvalue weighted by Crippen LogP contribution is 2.31. The highest BCUT2D eigenvalue weighted by molar-refractivity contribution is 7.99. The molecule has 2 rings (SSSR count). The van der Waals surface area contributed by atoms with Gasteiger partial charge in [-0.15, -0.1) is 11.8 Å². The lowest BCUT2D eigenvalue weighted by Crippen LogP contribution is -2.23. The lowest BCUT2D eigenvalue weighted by Gasteiger charge is -2.15. The molecule has 0 bridgehead atoms. The van der Waals surface area contributed by atoms with Crippen LogP contribution in [0.2, 0.25) is 5.02 Å². The van der Waals surface area contributed by atoms with Crippen molar-refractivity contribution in [2.75, 3.05) is 12.4 Å². The number of anilines is 1. The highest BCUT2D eigenvalue weighted by Gasteiger charge is 2.18. The van der Waals surface area contributed by atoms with Gasteiger partial charge in [-0.3, -0.25) is 4.79 Å². The van der Waals surface area contributed by atoms with Crippen LogP contribution >= 0.6 is 23.4 Å². The number of carbonyl (C=O) groups excluding carboxylic acids is 1. The molecule has 2 aromatic carbocycles. The van der Waals surface area contributed by atoms with Gasteiger partial charge in [-0.05, 0) is 31.5 Å². The predicted octanol–water partition coefficient (Wildman–Crippen LogP) is 5.20. The summed E-state index contributed by atoms with van der Waals surface area (Å²) in [6.45, 7) is 3.52. The van der Waals surface area contributed by atoms with Gasteiger partial charge >= 0.3 is 0 Å². The Morgan fingerprint density at radius 3 is 2.76 bits per heavy atom. The number of ether oxygens (including phenoxy) is 1. The van der Waals surface area contributed by atoms with Crippen LogP contribution < -0.4 is 10.1 Å². The van der Waals surface area contributed by atoms with E-state index in [9.17, 15) is 13.6 Å². The van der Waals surface area contributed by atoms with Crippen molar-refractivity contribution in [2.45, 2.75) is 24.9 Å². The maximum atomic E-state index is 13.7. The standard InChI is InChI=1S/C18H18ClF2NO2S/c1-10-7-15(16(24-3)8-13(10)19)22-18(23)11(2)25-9-12-5-4-6-14(20)17(12)21/h4-8,11H,9H2,1-3H3,(H,22,23). The Hall–Kier alpha value is -1.79. The molecule has 0 heterocycles. The number of thioether (sulfide) groups is 1. The molecule has 1 atom stereocenters. The number of aryl methyl sites for hydroxylation is 1. The maximum Gasteiger partial charge on any atom is 0.237 e. The van der Waals surface area contributed by atoms with Crippen LogP contribution in [0, 0.1) is 18.6 Å². The van der Waals surface area contributed by atoms with E-state index in [-0.39, 0.29) is 17.2 Å². The first kappa shape index (κ1) is 19.5. The van der Waals surface area contributed by atoms with Gasteiger partial charge in [0.1, 0.15) is 5.75 Å². The zero-order valence-electron chi connectivity index (χ0n) is 14.0. The first-order chi connectivity index (χ1) is 11.8. The molecule has 1 amide bonds. The predicted molar refractivity (Wildman–Crippen MR) is 98.5 cm³/mol. The topological polar surface area (TPSA) is 38.3 Å². The Labute approximate surface area is 154 Å². The second-order valence-electron chi connectivity index (χ2n) is 5.46. The van der Waals surface area contributed by atoms with Crippen molar-refractivity contribution in [1.82, 2.24) is 0 Å². The third-order valence-corrected chi connectivity index (χ3v) is 5.23. The number of hydrogen-bond acceptors (Lipinski definition) is 3. The van der Waals surface area contributed by atoms with E-state index in [2.05, 4.69) is 5.32 Å². The van der Waals surface area contributed by atoms with Crippen molar-refractivity contribution < 1.29 is 18.3 Å². The van der Waals surface area contributed by atoms with Crippen LogP contribution in [0.25, 0.3) is 0 Å². The minimum atomic E-state index is -0.892. The number of hydrogen-bond donors (Lipinski definition) is 1. The van der Waals surface area contributed by atoms with Gasteiger partial charge in [0.2, 0.25) is 5.91 Å². The van der Waals surface area contributed by atoms with Crippen molar-refractivity contribution in [3.05, 3.63) is 58.1 Å². The zero-order valence-corrected chi connectivity index (χ0v) is 15.6. The average molecular weight is 386 g/mol. The molecule has 1 N–H and O–H groups in total. The molecule has 0 saturated carbocycles. The lowest BCUT2D eigenvalue weighted by molar-refractivity contribution is -0.115. The number of rotatable bonds is 6. The summed E-state index contributed by atoms with van der Waals surface area (Å²) in [4.78, 5) is 12.4. The average Bonchev–Trinajstić information content (AvgIpc) is 2.58. The molecule has 1 unspecified atom stereocenters. The molecule has 0 radical (unpaired) electrons. The number of carbonyl (C=O) groups is 1. The molecule has 0 saturated heterocycles. The molecular weight excluding hydrogens is 368 g/mol. The minimum absolute atomic E-state index is 0.189. The molecular formula is C18H18ClF2NO2S. The van der Waals surface area contributed by atoms with Crippen LogP contribution in [0.1, 0.15) is 18.1 Å². The van der Waals surface area contributed by atoms with Crippen LogP contribution in [0.4, 0.5) is 14.5 Å². The number of nitrogens with one attached hydrogen (secondary N) is 1. The van der Waals surface area contributed by atoms with E-state index < -0.39 is 16.9 Å². The van der Waals surface area contributed by atoms with Crippen LogP contribution in [0.3, 0.4) is 0 Å². The summed E-state index contributed by atoms with van der Waals surface area (Å²) in [5.74, 6) is -1.39. The summed E-state index contributed by atoms with van der Waals surface area (Å²) in [7, 11) is 1.49. The summed E-state index contributed by atoms with van der Waals surface area (Å²) in [5, 5.41) is 2.85. The molecule has 25 heavy (non-hydrogen) atoms. The summed E-state index contributed by atoms with van der Waals surface area (Å²) >= 11 is 7.26. The van der Waals surface area contributed by atoms with E-state index in [0.29, 0.717) is 16.5 Å². The fourth-order valence-corrected chi connectivity index (χ4v) is 3.13. The quantitative estimate of drug-likeness (QED) is 0.743. The molecule has 0 aliphatic carbocycles. The van der Waals surface area contributed by atoms with E-state index in [1.165, 1.54) is 31.0 Å². The van der Waals surface area contributed by atoms with Gasteiger partial charge in [-0.1, -0.05) is 23.7 Å². The largest absolute Gasteiger partial charge is 0.495 e. The second-order valence-corrected chi connectivity index (χ2v) is 7.19. The van der Waals surface area contributed by atoms with E-state index in [0.717, 1.165) is 11.6 Å². The van der Waals surface area contributed by atoms with Crippen molar-refractivity contribution in [2.24, 2.45) is 0 Å². The normalized spacial score (nSPS) is 11.9. The molecule has 134 valence electrons. The van der Waals surface area contributed by atoms with Gasteiger partial charge in [-0.25, -0.2) is 8.78 Å². The van der Waals surface area contributed by atoms with Crippen molar-refractivity contribution in [3.8, 4) is 5.75 Å². The van der Waals surface area contributed by atoms with Crippen molar-refractivity contribution in [3.63, 3.8) is 0 Å². The van der Waals surface area contributed by atoms with E-state index >= 15 is 0 Å². The number of halogens is 3. The van der Waals surface area contributed by atoms with Gasteiger partial charge in [0.05, 0.1) is 18.0 Å². The third-order valence-electron chi connectivity index (χ3n) is 3.63. The van der Waals surface area contributed by atoms with Gasteiger partial charge in [0.25, 0.3) is 0 Å². The summed E-state index contributed by atoms with van der Waals surface area (Å²) < 4.78 is 32.1. The SMILES string of the molecule is COc1cc(Cl)c(C)cc1NC(=O)C(C)SCc1cccc(F)c1F. The molecule has 0 aromatic heterocycles. The van der Waals surface area contributed by atoms with Crippen LogP contribution in [0.5, 0.6) is 5.75 Å². The summed E-state index contributed by atoms with van der Waals surface area (Å²) in [6.07, 6.45) is 0. The molecule has 2 aromatic rings. The fourth-order valence-electron chi connectivity index (χ4n) is 2.11. The van der Waals surface area contributed by atoms with Crippen LogP contribution in [-0.4, -0.2) is 18.3 Å². The smallest absolute Gasteiger partial charge is 0.237 e. The zero-order chi connectivity index (χ0) is 18.6. The first-order valence-corrected chi connectivity index (χ1v) is 8.95. The molecule has 0 aliphatic rings. The van der Waals surface area contributed by atoms with Gasteiger partial charge < -0.3 is 10.1 Å². The van der Waals surface area contributed by atoms with Crippen LogP contribution in [0.15, 0.2) is 30.3 Å². The van der Waals surface area contributed by atoms with Gasteiger partial charge in [0.15, 0.2) is 11.6 Å². The Bertz CT molecular complexity index is 786. The monoisotopic (exact) mass is 385 g/mol. The number of benzene rings is 2. The van der Waals surface area contributed by atoms with E-state index in [1.54, 1.807) is 19.1 Å². The number of amides is 1. The molecule has 0 aliphatic heterocycles. The Morgan fingerprint density at radius 1 is 1.36 bits per heavy atom. The van der Waals surface area contributed by atoms with E-state index in [4.69, 9.17) is 16.3 Å². The number of methoxy groups -OCH3 is 1. The maximum absolute atomic E-state index is 13.7. The molecule has 0 fully saturated rings. The van der Waals surface area contributed by atoms with Crippen molar-refractivity contribution >= 4 is 35.0 Å². The van der Waals surface area contributed by atoms with Gasteiger partial charge in [-0.2, -0.15) is 0 Å². The first-order valence-electron chi connectivity index (χ1n) is 7.53. The molecule has 3 nitrogen and oxygen atoms in total. The summed E-state index contributed by atoms with van der Waals surface area (Å²) in [6, 6.07) is 7.37. The molecule has 7 heteroatoms. The Morgan fingerprint density at radius 2 is 2.08 bits per heavy atom.